The van der Waals surface area contributed by atoms with E-state index in [2.05, 4.69) is 5.32 Å². The molecule has 3 aromatic carbocycles. The normalized spacial score (nSPS) is 15.3. The lowest BCUT2D eigenvalue weighted by atomic mass is 10.1. The van der Waals surface area contributed by atoms with Crippen LogP contribution in [-0.2, 0) is 14.8 Å². The van der Waals surface area contributed by atoms with Crippen LogP contribution < -0.4 is 5.32 Å². The van der Waals surface area contributed by atoms with Gasteiger partial charge in [0.15, 0.2) is 0 Å². The highest BCUT2D eigenvalue weighted by atomic mass is 32.2. The maximum Gasteiger partial charge on any atom is 0.255 e. The standard InChI is InChI=1S/C24H22N2O5S/c1-16-6-8-18(32(28,29)26-10-12-30-13-11-26)15-21(16)24(27)25-17-7-9-20-19-4-2-3-5-22(19)31-23(20)14-17/h2-9,14-15H,10-13H2,1H3,(H,25,27). The molecular weight excluding hydrogens is 428 g/mol. The Balaban J connectivity index is 1.44. The van der Waals surface area contributed by atoms with Crippen LogP contribution in [0.5, 0.6) is 0 Å². The van der Waals surface area contributed by atoms with Gasteiger partial charge in [-0.05, 0) is 42.8 Å². The highest BCUT2D eigenvalue weighted by Crippen LogP contribution is 2.30. The number of hydrogen-bond acceptors (Lipinski definition) is 5. The first-order valence-electron chi connectivity index (χ1n) is 10.3. The minimum atomic E-state index is -3.69. The van der Waals surface area contributed by atoms with Gasteiger partial charge in [-0.2, -0.15) is 4.31 Å². The molecule has 0 spiro atoms. The molecule has 8 heteroatoms. The zero-order chi connectivity index (χ0) is 22.3. The summed E-state index contributed by atoms with van der Waals surface area (Å²) >= 11 is 0. The molecule has 1 amide bonds. The Labute approximate surface area is 185 Å². The predicted molar refractivity (Wildman–Crippen MR) is 122 cm³/mol. The lowest BCUT2D eigenvalue weighted by Gasteiger charge is -2.26. The number of aryl methyl sites for hydroxylation is 1. The monoisotopic (exact) mass is 450 g/mol. The second-order valence-corrected chi connectivity index (χ2v) is 9.69. The van der Waals surface area contributed by atoms with Crippen LogP contribution in [0, 0.1) is 6.92 Å². The number of nitrogens with one attached hydrogen (secondary N) is 1. The summed E-state index contributed by atoms with van der Waals surface area (Å²) in [4.78, 5) is 13.1. The first-order valence-corrected chi connectivity index (χ1v) is 11.8. The predicted octanol–water partition coefficient (Wildman–Crippen LogP) is 4.17. The Morgan fingerprint density at radius 2 is 1.69 bits per heavy atom. The molecule has 0 bridgehead atoms. The van der Waals surface area contributed by atoms with Gasteiger partial charge in [0.2, 0.25) is 10.0 Å². The van der Waals surface area contributed by atoms with E-state index in [9.17, 15) is 13.2 Å². The van der Waals surface area contributed by atoms with E-state index < -0.39 is 10.0 Å². The quantitative estimate of drug-likeness (QED) is 0.504. The largest absolute Gasteiger partial charge is 0.456 e. The van der Waals surface area contributed by atoms with Gasteiger partial charge in [-0.15, -0.1) is 0 Å². The van der Waals surface area contributed by atoms with Gasteiger partial charge in [0, 0.05) is 41.2 Å². The summed E-state index contributed by atoms with van der Waals surface area (Å²) in [7, 11) is -3.69. The Bertz CT molecular complexity index is 1440. The fourth-order valence-corrected chi connectivity index (χ4v) is 5.38. The second-order valence-electron chi connectivity index (χ2n) is 7.76. The SMILES string of the molecule is Cc1ccc(S(=O)(=O)N2CCOCC2)cc1C(=O)Nc1ccc2c(c1)oc1ccccc12. The van der Waals surface area contributed by atoms with Crippen molar-refractivity contribution in [2.45, 2.75) is 11.8 Å². The highest BCUT2D eigenvalue weighted by molar-refractivity contribution is 7.89. The number of fused-ring (bicyclic) bond motifs is 3. The van der Waals surface area contributed by atoms with Crippen LogP contribution in [0.4, 0.5) is 5.69 Å². The van der Waals surface area contributed by atoms with E-state index >= 15 is 0 Å². The number of amides is 1. The van der Waals surface area contributed by atoms with Crippen LogP contribution in [-0.4, -0.2) is 44.9 Å². The van der Waals surface area contributed by atoms with Gasteiger partial charge in [-0.1, -0.05) is 24.3 Å². The molecule has 32 heavy (non-hydrogen) atoms. The van der Waals surface area contributed by atoms with Crippen molar-refractivity contribution in [2.24, 2.45) is 0 Å². The van der Waals surface area contributed by atoms with Crippen molar-refractivity contribution in [1.29, 1.82) is 0 Å². The number of nitrogens with zero attached hydrogens (tertiary/aromatic N) is 1. The van der Waals surface area contributed by atoms with E-state index in [-0.39, 0.29) is 10.8 Å². The van der Waals surface area contributed by atoms with Crippen LogP contribution in [0.3, 0.4) is 0 Å². The lowest BCUT2D eigenvalue weighted by molar-refractivity contribution is 0.0730. The average molecular weight is 451 g/mol. The summed E-state index contributed by atoms with van der Waals surface area (Å²) in [6.07, 6.45) is 0. The van der Waals surface area contributed by atoms with Gasteiger partial charge in [0.05, 0.1) is 18.1 Å². The molecule has 1 N–H and O–H groups in total. The highest BCUT2D eigenvalue weighted by Gasteiger charge is 2.27. The van der Waals surface area contributed by atoms with E-state index in [1.54, 1.807) is 19.1 Å². The number of para-hydroxylation sites is 1. The fourth-order valence-electron chi connectivity index (χ4n) is 3.94. The minimum Gasteiger partial charge on any atom is -0.456 e. The molecule has 4 aromatic rings. The van der Waals surface area contributed by atoms with E-state index in [1.807, 2.05) is 36.4 Å². The summed E-state index contributed by atoms with van der Waals surface area (Å²) < 4.78 is 38.5. The zero-order valence-corrected chi connectivity index (χ0v) is 18.3. The van der Waals surface area contributed by atoms with Crippen molar-refractivity contribution in [1.82, 2.24) is 4.31 Å². The molecule has 0 aliphatic carbocycles. The topological polar surface area (TPSA) is 88.8 Å². The van der Waals surface area contributed by atoms with Gasteiger partial charge in [-0.25, -0.2) is 8.42 Å². The summed E-state index contributed by atoms with van der Waals surface area (Å²) in [6, 6.07) is 17.9. The third kappa shape index (κ3) is 3.66. The minimum absolute atomic E-state index is 0.0999. The molecule has 0 radical (unpaired) electrons. The molecule has 1 aliphatic heterocycles. The van der Waals surface area contributed by atoms with Gasteiger partial charge < -0.3 is 14.5 Å². The maximum absolute atomic E-state index is 13.0. The number of carbonyl (C=O) groups excluding carboxylic acids is 1. The van der Waals surface area contributed by atoms with Crippen LogP contribution in [0.2, 0.25) is 0 Å². The summed E-state index contributed by atoms with van der Waals surface area (Å²) in [5.41, 5.74) is 3.02. The molecule has 1 fully saturated rings. The Morgan fingerprint density at radius 1 is 0.938 bits per heavy atom. The molecular formula is C24H22N2O5S. The summed E-state index contributed by atoms with van der Waals surface area (Å²) in [5, 5.41) is 4.84. The number of anilines is 1. The van der Waals surface area contributed by atoms with Crippen molar-refractivity contribution in [3.05, 3.63) is 71.8 Å². The zero-order valence-electron chi connectivity index (χ0n) is 17.5. The van der Waals surface area contributed by atoms with Crippen molar-refractivity contribution in [3.63, 3.8) is 0 Å². The van der Waals surface area contributed by atoms with Gasteiger partial charge >= 0.3 is 0 Å². The number of carbonyl (C=O) groups is 1. The molecule has 5 rings (SSSR count). The second kappa shape index (κ2) is 8.05. The van der Waals surface area contributed by atoms with Crippen LogP contribution >= 0.6 is 0 Å². The number of hydrogen-bond donors (Lipinski definition) is 1. The Hall–Kier alpha value is -3.20. The molecule has 164 valence electrons. The number of sulfonamides is 1. The molecule has 0 unspecified atom stereocenters. The molecule has 1 saturated heterocycles. The number of benzene rings is 3. The van der Waals surface area contributed by atoms with Gasteiger partial charge in [0.25, 0.3) is 5.91 Å². The van der Waals surface area contributed by atoms with Crippen LogP contribution in [0.1, 0.15) is 15.9 Å². The smallest absolute Gasteiger partial charge is 0.255 e. The third-order valence-corrected chi connectivity index (χ3v) is 7.59. The van der Waals surface area contributed by atoms with Crippen molar-refractivity contribution in [3.8, 4) is 0 Å². The molecule has 0 saturated carbocycles. The molecule has 1 aromatic heterocycles. The first-order chi connectivity index (χ1) is 15.4. The number of ether oxygens (including phenoxy) is 1. The lowest BCUT2D eigenvalue weighted by Crippen LogP contribution is -2.40. The van der Waals surface area contributed by atoms with Crippen LogP contribution in [0.25, 0.3) is 21.9 Å². The molecule has 7 nitrogen and oxygen atoms in total. The fraction of sp³-hybridized carbons (Fsp3) is 0.208. The van der Waals surface area contributed by atoms with E-state index in [0.717, 1.165) is 16.4 Å². The molecule has 1 aliphatic rings. The Morgan fingerprint density at radius 3 is 2.50 bits per heavy atom. The molecule has 2 heterocycles. The van der Waals surface area contributed by atoms with Crippen molar-refractivity contribution >= 4 is 43.6 Å². The first kappa shape index (κ1) is 20.7. The van der Waals surface area contributed by atoms with Crippen LogP contribution in [0.15, 0.2) is 70.0 Å². The van der Waals surface area contributed by atoms with Gasteiger partial charge in [-0.3, -0.25) is 4.79 Å². The van der Waals surface area contributed by atoms with E-state index in [1.165, 1.54) is 16.4 Å². The number of morpholine rings is 1. The number of furan rings is 1. The third-order valence-electron chi connectivity index (χ3n) is 5.70. The van der Waals surface area contributed by atoms with Crippen molar-refractivity contribution in [2.75, 3.05) is 31.6 Å². The summed E-state index contributed by atoms with van der Waals surface area (Å²) in [6.45, 7) is 3.11. The van der Waals surface area contributed by atoms with Gasteiger partial charge in [0.1, 0.15) is 11.2 Å². The van der Waals surface area contributed by atoms with E-state index in [0.29, 0.717) is 48.7 Å². The molecule has 0 atom stereocenters. The average Bonchev–Trinajstić information content (AvgIpc) is 3.17. The van der Waals surface area contributed by atoms with Crippen molar-refractivity contribution < 1.29 is 22.4 Å². The number of rotatable bonds is 4. The maximum atomic E-state index is 13.0. The Kier molecular flexibility index (Phi) is 5.21. The van der Waals surface area contributed by atoms with E-state index in [4.69, 9.17) is 9.15 Å². The summed E-state index contributed by atoms with van der Waals surface area (Å²) in [5.74, 6) is -0.378.